The normalized spacial score (nSPS) is 19.7. The van der Waals surface area contributed by atoms with Gasteiger partial charge in [0.1, 0.15) is 18.1 Å². The van der Waals surface area contributed by atoms with Gasteiger partial charge in [-0.3, -0.25) is 9.36 Å². The van der Waals surface area contributed by atoms with Gasteiger partial charge in [0.2, 0.25) is 5.43 Å². The number of hydrogen-bond donors (Lipinski definition) is 2. The summed E-state index contributed by atoms with van der Waals surface area (Å²) in [5.74, 6) is -0.761. The molecule has 1 saturated heterocycles. The summed E-state index contributed by atoms with van der Waals surface area (Å²) in [5, 5.41) is 11.8. The van der Waals surface area contributed by atoms with Gasteiger partial charge < -0.3 is 15.7 Å². The minimum atomic E-state index is -1.31. The third-order valence-electron chi connectivity index (χ3n) is 4.67. The van der Waals surface area contributed by atoms with E-state index in [0.29, 0.717) is 36.1 Å². The maximum absolute atomic E-state index is 13.2. The van der Waals surface area contributed by atoms with Crippen molar-refractivity contribution in [1.29, 1.82) is 0 Å². The lowest BCUT2D eigenvalue weighted by Gasteiger charge is -2.22. The van der Waals surface area contributed by atoms with Gasteiger partial charge in [-0.15, -0.1) is 11.3 Å². The molecule has 1 unspecified atom stereocenters. The Kier molecular flexibility index (Phi) is 4.16. The van der Waals surface area contributed by atoms with E-state index in [9.17, 15) is 19.1 Å². The molecule has 3 N–H and O–H groups in total. The first-order valence-electron chi connectivity index (χ1n) is 8.21. The van der Waals surface area contributed by atoms with Crippen LogP contribution in [0.3, 0.4) is 0 Å². The van der Waals surface area contributed by atoms with Crippen molar-refractivity contribution < 1.29 is 14.3 Å². The number of nitrogens with zero attached hydrogens (tertiary/aromatic N) is 4. The largest absolute Gasteiger partial charge is 0.477 e. The zero-order chi connectivity index (χ0) is 19.2. The molecule has 4 heterocycles. The number of alkyl halides is 1. The van der Waals surface area contributed by atoms with Crippen LogP contribution in [0, 0.1) is 0 Å². The number of anilines is 1. The van der Waals surface area contributed by atoms with E-state index in [4.69, 9.17) is 5.73 Å². The number of nitrogens with two attached hydrogens (primary N) is 1. The van der Waals surface area contributed by atoms with Crippen LogP contribution in [-0.4, -0.2) is 50.9 Å². The van der Waals surface area contributed by atoms with Gasteiger partial charge in [0.15, 0.2) is 10.8 Å². The van der Waals surface area contributed by atoms with Crippen LogP contribution in [0.4, 0.5) is 10.2 Å². The number of thiazole rings is 1. The number of carbonyl (C=O) groups is 1. The van der Waals surface area contributed by atoms with Gasteiger partial charge in [0, 0.05) is 30.9 Å². The SMILES string of the molecule is NC1(CF)CCN(c2ccc3c(=O)c(C(=O)O)cn(-c4nccs4)c3n2)C1. The third kappa shape index (κ3) is 2.96. The number of halogens is 1. The summed E-state index contributed by atoms with van der Waals surface area (Å²) in [6.45, 7) is 0.243. The van der Waals surface area contributed by atoms with Crippen molar-refractivity contribution in [3.05, 3.63) is 45.7 Å². The lowest BCUT2D eigenvalue weighted by atomic mass is 10.0. The Morgan fingerprint density at radius 1 is 1.44 bits per heavy atom. The maximum Gasteiger partial charge on any atom is 0.341 e. The number of fused-ring (bicyclic) bond motifs is 1. The monoisotopic (exact) mass is 389 g/mol. The van der Waals surface area contributed by atoms with Crippen molar-refractivity contribution in [3.63, 3.8) is 0 Å². The minimum absolute atomic E-state index is 0.178. The van der Waals surface area contributed by atoms with Gasteiger partial charge in [-0.1, -0.05) is 0 Å². The fourth-order valence-corrected chi connectivity index (χ4v) is 3.82. The molecule has 1 fully saturated rings. The second-order valence-corrected chi connectivity index (χ2v) is 7.44. The van der Waals surface area contributed by atoms with Gasteiger partial charge in [0.05, 0.1) is 10.9 Å². The molecule has 1 aliphatic rings. The van der Waals surface area contributed by atoms with Crippen LogP contribution < -0.4 is 16.1 Å². The van der Waals surface area contributed by atoms with Crippen LogP contribution in [0.25, 0.3) is 16.2 Å². The first-order chi connectivity index (χ1) is 12.9. The molecule has 27 heavy (non-hydrogen) atoms. The summed E-state index contributed by atoms with van der Waals surface area (Å²) in [6.07, 6.45) is 3.32. The average molecular weight is 389 g/mol. The zero-order valence-corrected chi connectivity index (χ0v) is 14.9. The first-order valence-corrected chi connectivity index (χ1v) is 9.09. The van der Waals surface area contributed by atoms with E-state index >= 15 is 0 Å². The van der Waals surface area contributed by atoms with E-state index in [0.717, 1.165) is 0 Å². The highest BCUT2D eigenvalue weighted by atomic mass is 32.1. The number of aromatic carboxylic acids is 1. The summed E-state index contributed by atoms with van der Waals surface area (Å²) in [6, 6.07) is 3.17. The predicted octanol–water partition coefficient (Wildman–Crippen LogP) is 1.42. The number of rotatable bonds is 4. The zero-order valence-electron chi connectivity index (χ0n) is 14.1. The van der Waals surface area contributed by atoms with Gasteiger partial charge in [-0.2, -0.15) is 0 Å². The van der Waals surface area contributed by atoms with Crippen molar-refractivity contribution >= 4 is 34.2 Å². The van der Waals surface area contributed by atoms with E-state index in [2.05, 4.69) is 9.97 Å². The molecule has 0 saturated carbocycles. The van der Waals surface area contributed by atoms with Crippen LogP contribution in [0.15, 0.2) is 34.7 Å². The van der Waals surface area contributed by atoms with E-state index in [1.165, 1.54) is 22.1 Å². The molecular weight excluding hydrogens is 373 g/mol. The second-order valence-electron chi connectivity index (χ2n) is 6.57. The second kappa shape index (κ2) is 6.39. The van der Waals surface area contributed by atoms with Crippen LogP contribution in [0.2, 0.25) is 0 Å². The Hall–Kier alpha value is -2.85. The molecule has 0 radical (unpaired) electrons. The van der Waals surface area contributed by atoms with Crippen molar-refractivity contribution in [3.8, 4) is 5.13 Å². The highest BCUT2D eigenvalue weighted by molar-refractivity contribution is 7.12. The molecule has 0 amide bonds. The highest BCUT2D eigenvalue weighted by Gasteiger charge is 2.35. The minimum Gasteiger partial charge on any atom is -0.477 e. The van der Waals surface area contributed by atoms with Crippen molar-refractivity contribution in [2.75, 3.05) is 24.7 Å². The van der Waals surface area contributed by atoms with Crippen molar-refractivity contribution in [2.45, 2.75) is 12.0 Å². The highest BCUT2D eigenvalue weighted by Crippen LogP contribution is 2.26. The number of carboxylic acids is 1. The molecule has 0 spiro atoms. The number of carboxylic acid groups (broad SMARTS) is 1. The Morgan fingerprint density at radius 2 is 2.26 bits per heavy atom. The Balaban J connectivity index is 1.90. The summed E-state index contributed by atoms with van der Waals surface area (Å²) >= 11 is 1.29. The molecule has 8 nitrogen and oxygen atoms in total. The third-order valence-corrected chi connectivity index (χ3v) is 5.44. The molecule has 0 aromatic carbocycles. The van der Waals surface area contributed by atoms with E-state index in [1.807, 2.05) is 4.90 Å². The Morgan fingerprint density at radius 3 is 2.89 bits per heavy atom. The quantitative estimate of drug-likeness (QED) is 0.693. The van der Waals surface area contributed by atoms with E-state index in [-0.39, 0.29) is 10.9 Å². The first kappa shape index (κ1) is 17.6. The molecule has 1 aliphatic heterocycles. The van der Waals surface area contributed by atoms with Crippen molar-refractivity contribution in [2.24, 2.45) is 5.73 Å². The Bertz CT molecular complexity index is 1080. The molecular formula is C17H16FN5O3S. The van der Waals surface area contributed by atoms with Gasteiger partial charge in [-0.05, 0) is 18.6 Å². The van der Waals surface area contributed by atoms with Crippen molar-refractivity contribution in [1.82, 2.24) is 14.5 Å². The summed E-state index contributed by atoms with van der Waals surface area (Å²) in [4.78, 5) is 34.6. The fourth-order valence-electron chi connectivity index (χ4n) is 3.20. The number of pyridine rings is 2. The number of aromatic nitrogens is 3. The molecule has 0 aliphatic carbocycles. The molecule has 1 atom stereocenters. The molecule has 4 rings (SSSR count). The number of hydrogen-bond acceptors (Lipinski definition) is 7. The fraction of sp³-hybridized carbons (Fsp3) is 0.294. The lowest BCUT2D eigenvalue weighted by molar-refractivity contribution is 0.0695. The maximum atomic E-state index is 13.2. The predicted molar refractivity (Wildman–Crippen MR) is 99.7 cm³/mol. The van der Waals surface area contributed by atoms with E-state index < -0.39 is 23.6 Å². The molecule has 0 bridgehead atoms. The summed E-state index contributed by atoms with van der Waals surface area (Å²) in [7, 11) is 0. The summed E-state index contributed by atoms with van der Waals surface area (Å²) < 4.78 is 14.7. The van der Waals surface area contributed by atoms with Gasteiger partial charge in [0.25, 0.3) is 0 Å². The molecule has 3 aromatic heterocycles. The van der Waals surface area contributed by atoms with E-state index in [1.54, 1.807) is 23.7 Å². The summed E-state index contributed by atoms with van der Waals surface area (Å²) in [5.41, 5.74) is 4.44. The van der Waals surface area contributed by atoms with Crippen LogP contribution in [-0.2, 0) is 0 Å². The lowest BCUT2D eigenvalue weighted by Crippen LogP contribution is -2.44. The van der Waals surface area contributed by atoms with Crippen LogP contribution in [0.1, 0.15) is 16.8 Å². The van der Waals surface area contributed by atoms with Crippen LogP contribution in [0.5, 0.6) is 0 Å². The average Bonchev–Trinajstić information content (AvgIpc) is 3.32. The molecule has 10 heteroatoms. The van der Waals surface area contributed by atoms with Gasteiger partial charge in [-0.25, -0.2) is 19.2 Å². The Labute approximate surface area is 156 Å². The molecule has 140 valence electrons. The smallest absolute Gasteiger partial charge is 0.341 e. The van der Waals surface area contributed by atoms with Crippen LogP contribution >= 0.6 is 11.3 Å². The standard InChI is InChI=1S/C17H16FN5O3S/c18-8-17(19)3-5-22(9-17)12-2-1-10-13(24)11(15(25)26)7-23(14(10)21-12)16-20-4-6-27-16/h1-2,4,6-7H,3,5,8-9,19H2,(H,25,26). The topological polar surface area (TPSA) is 114 Å². The molecule has 3 aromatic rings. The van der Waals surface area contributed by atoms with Gasteiger partial charge >= 0.3 is 5.97 Å².